The predicted molar refractivity (Wildman–Crippen MR) is 78.3 cm³/mol. The van der Waals surface area contributed by atoms with Crippen LogP contribution in [0.2, 0.25) is 0 Å². The van der Waals surface area contributed by atoms with Crippen LogP contribution < -0.4 is 4.74 Å². The molecule has 0 aliphatic rings. The summed E-state index contributed by atoms with van der Waals surface area (Å²) < 4.78 is 5.84. The summed E-state index contributed by atoms with van der Waals surface area (Å²) in [6.07, 6.45) is 0. The minimum Gasteiger partial charge on any atom is -0.489 e. The Morgan fingerprint density at radius 3 is 2.35 bits per heavy atom. The smallest absolute Gasteiger partial charge is 0.335 e. The molecule has 3 nitrogen and oxygen atoms in total. The lowest BCUT2D eigenvalue weighted by Gasteiger charge is -2.13. The second-order valence-corrected chi connectivity index (χ2v) is 4.98. The highest BCUT2D eigenvalue weighted by Gasteiger charge is 2.07. The van der Waals surface area contributed by atoms with Crippen LogP contribution in [0.15, 0.2) is 48.5 Å². The molecule has 0 saturated heterocycles. The lowest BCUT2D eigenvalue weighted by Crippen LogP contribution is -2.01. The molecule has 20 heavy (non-hydrogen) atoms. The number of carboxylic acids is 1. The number of hydrogen-bond acceptors (Lipinski definition) is 2. The Bertz CT molecular complexity index is 585. The summed E-state index contributed by atoms with van der Waals surface area (Å²) in [4.78, 5) is 10.8. The summed E-state index contributed by atoms with van der Waals surface area (Å²) in [5, 5.41) is 8.85. The van der Waals surface area contributed by atoms with Gasteiger partial charge in [-0.15, -0.1) is 0 Å². The molecule has 2 rings (SSSR count). The molecule has 0 amide bonds. The molecule has 0 heterocycles. The number of hydrogen-bond donors (Lipinski definition) is 1. The van der Waals surface area contributed by atoms with E-state index in [0.29, 0.717) is 12.5 Å². The molecule has 0 atom stereocenters. The maximum Gasteiger partial charge on any atom is 0.335 e. The largest absolute Gasteiger partial charge is 0.489 e. The van der Waals surface area contributed by atoms with Crippen LogP contribution in [0, 0.1) is 0 Å². The topological polar surface area (TPSA) is 46.5 Å². The molecule has 0 radical (unpaired) electrons. The maximum absolute atomic E-state index is 10.8. The van der Waals surface area contributed by atoms with Crippen molar-refractivity contribution < 1.29 is 14.6 Å². The van der Waals surface area contributed by atoms with E-state index in [1.54, 1.807) is 24.3 Å². The molecule has 0 aromatic heterocycles. The third-order valence-electron chi connectivity index (χ3n) is 3.14. The van der Waals surface area contributed by atoms with E-state index in [9.17, 15) is 4.79 Å². The number of carboxylic acid groups (broad SMARTS) is 1. The van der Waals surface area contributed by atoms with Crippen molar-refractivity contribution in [2.75, 3.05) is 0 Å². The molecule has 0 aliphatic heterocycles. The van der Waals surface area contributed by atoms with Gasteiger partial charge in [0.15, 0.2) is 0 Å². The van der Waals surface area contributed by atoms with E-state index < -0.39 is 5.97 Å². The van der Waals surface area contributed by atoms with Gasteiger partial charge in [0.1, 0.15) is 12.4 Å². The van der Waals surface area contributed by atoms with Crippen molar-refractivity contribution in [3.05, 3.63) is 65.2 Å². The summed E-state index contributed by atoms with van der Waals surface area (Å²) in [7, 11) is 0. The number of carbonyl (C=O) groups is 1. The molecule has 0 unspecified atom stereocenters. The van der Waals surface area contributed by atoms with Crippen LogP contribution in [0.4, 0.5) is 0 Å². The van der Waals surface area contributed by atoms with Crippen LogP contribution in [0.5, 0.6) is 5.75 Å². The minimum atomic E-state index is -0.914. The van der Waals surface area contributed by atoms with Gasteiger partial charge in [-0.2, -0.15) is 0 Å². The molecule has 2 aromatic carbocycles. The quantitative estimate of drug-likeness (QED) is 0.890. The van der Waals surface area contributed by atoms with Crippen molar-refractivity contribution in [3.63, 3.8) is 0 Å². The van der Waals surface area contributed by atoms with Crippen molar-refractivity contribution in [1.82, 2.24) is 0 Å². The van der Waals surface area contributed by atoms with Gasteiger partial charge in [-0.25, -0.2) is 4.79 Å². The first kappa shape index (κ1) is 14.1. The summed E-state index contributed by atoms with van der Waals surface area (Å²) in [6.45, 7) is 4.69. The molecule has 0 fully saturated rings. The molecule has 0 spiro atoms. The standard InChI is InChI=1S/C17H18O3/c1-12(2)15-5-3-4-6-16(15)20-11-13-7-9-14(10-8-13)17(18)19/h3-10,12H,11H2,1-2H3,(H,18,19). The minimum absolute atomic E-state index is 0.288. The predicted octanol–water partition coefficient (Wildman–Crippen LogP) is 4.09. The van der Waals surface area contributed by atoms with E-state index in [2.05, 4.69) is 19.9 Å². The normalized spacial score (nSPS) is 10.6. The first-order chi connectivity index (χ1) is 9.58. The van der Waals surface area contributed by atoms with Crippen molar-refractivity contribution in [1.29, 1.82) is 0 Å². The summed E-state index contributed by atoms with van der Waals surface area (Å²) in [6, 6.07) is 14.7. The van der Waals surface area contributed by atoms with Crippen LogP contribution >= 0.6 is 0 Å². The SMILES string of the molecule is CC(C)c1ccccc1OCc1ccc(C(=O)O)cc1. The zero-order chi connectivity index (χ0) is 14.5. The Labute approximate surface area is 118 Å². The first-order valence-electron chi connectivity index (χ1n) is 6.62. The molecule has 3 heteroatoms. The van der Waals surface area contributed by atoms with Gasteiger partial charge in [-0.05, 0) is 35.2 Å². The molecular formula is C17H18O3. The third-order valence-corrected chi connectivity index (χ3v) is 3.14. The van der Waals surface area contributed by atoms with Gasteiger partial charge >= 0.3 is 5.97 Å². The highest BCUT2D eigenvalue weighted by molar-refractivity contribution is 5.87. The Kier molecular flexibility index (Phi) is 4.41. The van der Waals surface area contributed by atoms with Crippen molar-refractivity contribution >= 4 is 5.97 Å². The maximum atomic E-state index is 10.8. The Balaban J connectivity index is 2.07. The Morgan fingerprint density at radius 2 is 1.75 bits per heavy atom. The molecular weight excluding hydrogens is 252 g/mol. The van der Waals surface area contributed by atoms with E-state index in [0.717, 1.165) is 11.3 Å². The van der Waals surface area contributed by atoms with Crippen LogP contribution in [0.3, 0.4) is 0 Å². The average molecular weight is 270 g/mol. The number of aromatic carboxylic acids is 1. The van der Waals surface area contributed by atoms with Gasteiger partial charge < -0.3 is 9.84 Å². The van der Waals surface area contributed by atoms with Crippen molar-refractivity contribution in [2.45, 2.75) is 26.4 Å². The highest BCUT2D eigenvalue weighted by atomic mass is 16.5. The summed E-state index contributed by atoms with van der Waals surface area (Å²) in [5.74, 6) is 0.369. The first-order valence-corrected chi connectivity index (χ1v) is 6.62. The van der Waals surface area contributed by atoms with E-state index in [-0.39, 0.29) is 5.56 Å². The zero-order valence-corrected chi connectivity index (χ0v) is 11.7. The van der Waals surface area contributed by atoms with E-state index in [4.69, 9.17) is 9.84 Å². The van der Waals surface area contributed by atoms with Gasteiger partial charge in [-0.3, -0.25) is 0 Å². The number of para-hydroxylation sites is 1. The van der Waals surface area contributed by atoms with Gasteiger partial charge in [0.2, 0.25) is 0 Å². The fraction of sp³-hybridized carbons (Fsp3) is 0.235. The molecule has 0 saturated carbocycles. The molecule has 0 aliphatic carbocycles. The Morgan fingerprint density at radius 1 is 1.10 bits per heavy atom. The number of benzene rings is 2. The van der Waals surface area contributed by atoms with Crippen molar-refractivity contribution in [2.24, 2.45) is 0 Å². The monoisotopic (exact) mass is 270 g/mol. The third kappa shape index (κ3) is 3.38. The zero-order valence-electron chi connectivity index (χ0n) is 11.7. The average Bonchev–Trinajstić information content (AvgIpc) is 2.45. The van der Waals surface area contributed by atoms with E-state index in [1.807, 2.05) is 18.2 Å². The van der Waals surface area contributed by atoms with Crippen LogP contribution in [0.1, 0.15) is 41.3 Å². The van der Waals surface area contributed by atoms with Crippen LogP contribution in [0.25, 0.3) is 0 Å². The molecule has 2 aromatic rings. The fourth-order valence-electron chi connectivity index (χ4n) is 1.99. The van der Waals surface area contributed by atoms with Gasteiger partial charge in [0.25, 0.3) is 0 Å². The Hall–Kier alpha value is -2.29. The number of ether oxygens (including phenoxy) is 1. The number of rotatable bonds is 5. The molecule has 1 N–H and O–H groups in total. The molecule has 104 valence electrons. The molecule has 0 bridgehead atoms. The van der Waals surface area contributed by atoms with Crippen LogP contribution in [-0.2, 0) is 6.61 Å². The van der Waals surface area contributed by atoms with Gasteiger partial charge in [0.05, 0.1) is 5.56 Å². The van der Waals surface area contributed by atoms with Gasteiger partial charge in [-0.1, -0.05) is 44.2 Å². The summed E-state index contributed by atoms with van der Waals surface area (Å²) >= 11 is 0. The van der Waals surface area contributed by atoms with Crippen LogP contribution in [-0.4, -0.2) is 11.1 Å². The second-order valence-electron chi connectivity index (χ2n) is 4.98. The lowest BCUT2D eigenvalue weighted by molar-refractivity contribution is 0.0697. The lowest BCUT2D eigenvalue weighted by atomic mass is 10.0. The fourth-order valence-corrected chi connectivity index (χ4v) is 1.99. The summed E-state index contributed by atoms with van der Waals surface area (Å²) in [5.41, 5.74) is 2.42. The van der Waals surface area contributed by atoms with Gasteiger partial charge in [0, 0.05) is 0 Å². The second kappa shape index (κ2) is 6.24. The van der Waals surface area contributed by atoms with Crippen molar-refractivity contribution in [3.8, 4) is 5.75 Å². The van der Waals surface area contributed by atoms with E-state index >= 15 is 0 Å². The highest BCUT2D eigenvalue weighted by Crippen LogP contribution is 2.26. The van der Waals surface area contributed by atoms with E-state index in [1.165, 1.54) is 5.56 Å².